The molecular weight excluding hydrogens is 384 g/mol. The molecule has 0 fully saturated rings. The summed E-state index contributed by atoms with van der Waals surface area (Å²) in [5.41, 5.74) is 2.42. The Kier molecular flexibility index (Phi) is 5.08. The number of fused-ring (bicyclic) bond motifs is 1. The molecule has 0 aliphatic rings. The summed E-state index contributed by atoms with van der Waals surface area (Å²) in [6.45, 7) is 5.30. The summed E-state index contributed by atoms with van der Waals surface area (Å²) < 4.78 is 28.8. The molecule has 1 unspecified atom stereocenters. The number of rotatable bonds is 4. The number of benzene rings is 3. The fraction of sp³-hybridized carbons (Fsp3) is 0.167. The molecule has 6 heteroatoms. The molecule has 1 atom stereocenters. The fourth-order valence-corrected chi connectivity index (χ4v) is 3.69. The molecule has 0 saturated heterocycles. The summed E-state index contributed by atoms with van der Waals surface area (Å²) in [7, 11) is 0. The number of halogens is 2. The van der Waals surface area contributed by atoms with E-state index in [9.17, 15) is 13.6 Å². The van der Waals surface area contributed by atoms with E-state index < -0.39 is 11.6 Å². The highest BCUT2D eigenvalue weighted by atomic mass is 19.1. The Morgan fingerprint density at radius 3 is 2.47 bits per heavy atom. The lowest BCUT2D eigenvalue weighted by Crippen LogP contribution is -2.27. The maximum absolute atomic E-state index is 14.2. The first-order chi connectivity index (χ1) is 14.3. The molecule has 4 aromatic rings. The first-order valence-electron chi connectivity index (χ1n) is 9.66. The van der Waals surface area contributed by atoms with Crippen molar-refractivity contribution < 1.29 is 13.6 Å². The van der Waals surface area contributed by atoms with Crippen LogP contribution in [0.4, 0.5) is 8.78 Å². The van der Waals surface area contributed by atoms with Gasteiger partial charge < -0.3 is 5.32 Å². The van der Waals surface area contributed by atoms with E-state index in [1.54, 1.807) is 13.8 Å². The third kappa shape index (κ3) is 3.56. The first kappa shape index (κ1) is 19.8. The van der Waals surface area contributed by atoms with Gasteiger partial charge in [-0.2, -0.15) is 5.10 Å². The van der Waals surface area contributed by atoms with Crippen LogP contribution in [0.3, 0.4) is 0 Å². The van der Waals surface area contributed by atoms with Gasteiger partial charge in [-0.1, -0.05) is 36.4 Å². The Hall–Kier alpha value is -3.54. The Bertz CT molecular complexity index is 1260. The molecule has 4 nitrogen and oxygen atoms in total. The molecule has 0 aliphatic heterocycles. The van der Waals surface area contributed by atoms with Gasteiger partial charge in [-0.15, -0.1) is 0 Å². The van der Waals surface area contributed by atoms with Crippen molar-refractivity contribution in [2.24, 2.45) is 0 Å². The molecule has 30 heavy (non-hydrogen) atoms. The minimum atomic E-state index is -0.739. The standard InChI is InChI=1S/C24H21F2N3O/c1-14(18-9-8-17-6-4-5-7-19(17)12-18)27-24(30)23-15(2)28-29(16(23)3)22-11-10-20(25)13-21(22)26/h4-14H,1-3H3,(H,27,30). The van der Waals surface area contributed by atoms with E-state index in [1.165, 1.54) is 10.7 Å². The van der Waals surface area contributed by atoms with Gasteiger partial charge in [0.25, 0.3) is 5.91 Å². The van der Waals surface area contributed by atoms with Gasteiger partial charge >= 0.3 is 0 Å². The number of nitrogens with zero attached hydrogens (tertiary/aromatic N) is 2. The van der Waals surface area contributed by atoms with Crippen molar-refractivity contribution >= 4 is 16.7 Å². The summed E-state index contributed by atoms with van der Waals surface area (Å²) in [6, 6.07) is 17.1. The maximum Gasteiger partial charge on any atom is 0.255 e. The van der Waals surface area contributed by atoms with Crippen LogP contribution in [-0.4, -0.2) is 15.7 Å². The molecule has 152 valence electrons. The summed E-state index contributed by atoms with van der Waals surface area (Å²) in [6.07, 6.45) is 0. The molecule has 0 radical (unpaired) electrons. The zero-order valence-corrected chi connectivity index (χ0v) is 16.9. The predicted molar refractivity (Wildman–Crippen MR) is 113 cm³/mol. The smallest absolute Gasteiger partial charge is 0.255 e. The number of carbonyl (C=O) groups excluding carboxylic acids is 1. The molecule has 1 N–H and O–H groups in total. The monoisotopic (exact) mass is 405 g/mol. The molecular formula is C24H21F2N3O. The number of amides is 1. The first-order valence-corrected chi connectivity index (χ1v) is 9.66. The zero-order valence-electron chi connectivity index (χ0n) is 16.9. The number of aromatic nitrogens is 2. The van der Waals surface area contributed by atoms with Gasteiger partial charge in [0, 0.05) is 6.07 Å². The average molecular weight is 405 g/mol. The molecule has 0 spiro atoms. The second-order valence-electron chi connectivity index (χ2n) is 7.36. The fourth-order valence-electron chi connectivity index (χ4n) is 3.69. The van der Waals surface area contributed by atoms with Crippen LogP contribution in [0.25, 0.3) is 16.5 Å². The quantitative estimate of drug-likeness (QED) is 0.493. The van der Waals surface area contributed by atoms with Crippen molar-refractivity contribution in [3.63, 3.8) is 0 Å². The van der Waals surface area contributed by atoms with E-state index in [0.717, 1.165) is 28.5 Å². The maximum atomic E-state index is 14.2. The Labute approximate surface area is 173 Å². The van der Waals surface area contributed by atoms with Crippen LogP contribution >= 0.6 is 0 Å². The van der Waals surface area contributed by atoms with E-state index in [-0.39, 0.29) is 17.6 Å². The number of hydrogen-bond donors (Lipinski definition) is 1. The largest absolute Gasteiger partial charge is 0.345 e. The molecule has 0 bridgehead atoms. The van der Waals surface area contributed by atoms with Gasteiger partial charge in [0.15, 0.2) is 5.82 Å². The SMILES string of the molecule is Cc1nn(-c2ccc(F)cc2F)c(C)c1C(=O)NC(C)c1ccc2ccccc2c1. The number of carbonyl (C=O) groups is 1. The minimum Gasteiger partial charge on any atom is -0.345 e. The zero-order chi connectivity index (χ0) is 21.4. The summed E-state index contributed by atoms with van der Waals surface area (Å²) in [4.78, 5) is 13.0. The summed E-state index contributed by atoms with van der Waals surface area (Å²) >= 11 is 0. The summed E-state index contributed by atoms with van der Waals surface area (Å²) in [5.74, 6) is -1.70. The van der Waals surface area contributed by atoms with E-state index in [4.69, 9.17) is 0 Å². The topological polar surface area (TPSA) is 46.9 Å². The Balaban J connectivity index is 1.62. The van der Waals surface area contributed by atoms with Gasteiger partial charge in [0.1, 0.15) is 11.5 Å². The van der Waals surface area contributed by atoms with Crippen LogP contribution in [-0.2, 0) is 0 Å². The third-order valence-electron chi connectivity index (χ3n) is 5.28. The van der Waals surface area contributed by atoms with Crippen LogP contribution in [0.15, 0.2) is 60.7 Å². The van der Waals surface area contributed by atoms with Crippen molar-refractivity contribution in [1.29, 1.82) is 0 Å². The van der Waals surface area contributed by atoms with Gasteiger partial charge in [-0.3, -0.25) is 4.79 Å². The van der Waals surface area contributed by atoms with Crippen molar-refractivity contribution in [2.45, 2.75) is 26.8 Å². The van der Waals surface area contributed by atoms with Crippen molar-refractivity contribution in [3.8, 4) is 5.69 Å². The second-order valence-corrected chi connectivity index (χ2v) is 7.36. The number of hydrogen-bond acceptors (Lipinski definition) is 2. The molecule has 1 amide bonds. The highest BCUT2D eigenvalue weighted by Gasteiger charge is 2.22. The number of aryl methyl sites for hydroxylation is 1. The van der Waals surface area contributed by atoms with Gasteiger partial charge in [-0.25, -0.2) is 13.5 Å². The molecule has 1 aromatic heterocycles. The molecule has 4 rings (SSSR count). The van der Waals surface area contributed by atoms with Gasteiger partial charge in [0.2, 0.25) is 0 Å². The van der Waals surface area contributed by atoms with Gasteiger partial charge in [0.05, 0.1) is 23.0 Å². The molecule has 0 saturated carbocycles. The highest BCUT2D eigenvalue weighted by Crippen LogP contribution is 2.23. The Morgan fingerprint density at radius 1 is 1.00 bits per heavy atom. The van der Waals surface area contributed by atoms with Crippen LogP contribution in [0, 0.1) is 25.5 Å². The van der Waals surface area contributed by atoms with Crippen LogP contribution in [0.1, 0.15) is 40.3 Å². The van der Waals surface area contributed by atoms with Gasteiger partial charge in [-0.05, 0) is 55.3 Å². The van der Waals surface area contributed by atoms with E-state index in [2.05, 4.69) is 16.5 Å². The predicted octanol–water partition coefficient (Wildman–Crippen LogP) is 5.41. The van der Waals surface area contributed by atoms with Crippen molar-refractivity contribution in [1.82, 2.24) is 15.1 Å². The van der Waals surface area contributed by atoms with Crippen LogP contribution in [0.2, 0.25) is 0 Å². The Morgan fingerprint density at radius 2 is 1.73 bits per heavy atom. The van der Waals surface area contributed by atoms with E-state index in [1.807, 2.05) is 43.3 Å². The second kappa shape index (κ2) is 7.71. The molecule has 0 aliphatic carbocycles. The average Bonchev–Trinajstić information content (AvgIpc) is 3.01. The third-order valence-corrected chi connectivity index (χ3v) is 5.28. The van der Waals surface area contributed by atoms with Crippen molar-refractivity contribution in [2.75, 3.05) is 0 Å². The van der Waals surface area contributed by atoms with Crippen LogP contribution in [0.5, 0.6) is 0 Å². The van der Waals surface area contributed by atoms with Crippen LogP contribution < -0.4 is 5.32 Å². The summed E-state index contributed by atoms with van der Waals surface area (Å²) in [5, 5.41) is 9.54. The van der Waals surface area contributed by atoms with E-state index in [0.29, 0.717) is 17.0 Å². The minimum absolute atomic E-state index is 0.0960. The van der Waals surface area contributed by atoms with Crippen molar-refractivity contribution in [3.05, 3.63) is 94.8 Å². The normalized spacial score (nSPS) is 12.2. The lowest BCUT2D eigenvalue weighted by atomic mass is 10.0. The lowest BCUT2D eigenvalue weighted by Gasteiger charge is -2.15. The molecule has 1 heterocycles. The highest BCUT2D eigenvalue weighted by molar-refractivity contribution is 5.97. The molecule has 3 aromatic carbocycles. The lowest BCUT2D eigenvalue weighted by molar-refractivity contribution is 0.0938. The number of nitrogens with one attached hydrogen (secondary N) is 1. The van der Waals surface area contributed by atoms with E-state index >= 15 is 0 Å².